The molecule has 0 radical (unpaired) electrons. The van der Waals surface area contributed by atoms with Gasteiger partial charge in [-0.2, -0.15) is 0 Å². The van der Waals surface area contributed by atoms with E-state index in [1.807, 2.05) is 6.26 Å². The third-order valence-electron chi connectivity index (χ3n) is 4.22. The second kappa shape index (κ2) is 6.98. The van der Waals surface area contributed by atoms with Crippen LogP contribution in [0.4, 0.5) is 0 Å². The topological polar surface area (TPSA) is 25.2 Å². The first kappa shape index (κ1) is 13.7. The van der Waals surface area contributed by atoms with Crippen molar-refractivity contribution >= 4 is 0 Å². The van der Waals surface area contributed by atoms with Crippen molar-refractivity contribution < 1.29 is 4.42 Å². The molecular weight excluding hydrogens is 222 g/mol. The zero-order valence-electron chi connectivity index (χ0n) is 11.9. The van der Waals surface area contributed by atoms with Gasteiger partial charge in [0.1, 0.15) is 5.76 Å². The number of hydrogen-bond acceptors (Lipinski definition) is 2. The quantitative estimate of drug-likeness (QED) is 0.805. The van der Waals surface area contributed by atoms with Crippen LogP contribution in [0.1, 0.15) is 69.7 Å². The van der Waals surface area contributed by atoms with E-state index < -0.39 is 0 Å². The summed E-state index contributed by atoms with van der Waals surface area (Å²) in [7, 11) is 0. The van der Waals surface area contributed by atoms with Gasteiger partial charge in [0.15, 0.2) is 0 Å². The van der Waals surface area contributed by atoms with Crippen LogP contribution in [0.5, 0.6) is 0 Å². The van der Waals surface area contributed by atoms with Gasteiger partial charge in [0.05, 0.1) is 6.26 Å². The molecule has 0 aliphatic heterocycles. The van der Waals surface area contributed by atoms with E-state index in [-0.39, 0.29) is 0 Å². The molecule has 1 fully saturated rings. The van der Waals surface area contributed by atoms with Gasteiger partial charge in [0.25, 0.3) is 0 Å². The third kappa shape index (κ3) is 3.38. The second-order valence-corrected chi connectivity index (χ2v) is 5.50. The second-order valence-electron chi connectivity index (χ2n) is 5.50. The largest absolute Gasteiger partial charge is 0.469 e. The van der Waals surface area contributed by atoms with E-state index in [4.69, 9.17) is 4.42 Å². The van der Waals surface area contributed by atoms with Gasteiger partial charge in [0, 0.05) is 18.0 Å². The van der Waals surface area contributed by atoms with Crippen molar-refractivity contribution in [1.82, 2.24) is 5.32 Å². The highest BCUT2D eigenvalue weighted by Gasteiger charge is 2.22. The van der Waals surface area contributed by atoms with E-state index in [9.17, 15) is 0 Å². The summed E-state index contributed by atoms with van der Waals surface area (Å²) in [6.45, 7) is 5.40. The molecule has 1 heterocycles. The molecule has 2 rings (SSSR count). The Balaban J connectivity index is 2.02. The first-order valence-corrected chi connectivity index (χ1v) is 7.64. The molecule has 1 N–H and O–H groups in total. The summed E-state index contributed by atoms with van der Waals surface area (Å²) >= 11 is 0. The van der Waals surface area contributed by atoms with Gasteiger partial charge < -0.3 is 9.73 Å². The van der Waals surface area contributed by atoms with Crippen molar-refractivity contribution in [2.75, 3.05) is 6.54 Å². The Kier molecular flexibility index (Phi) is 5.30. The van der Waals surface area contributed by atoms with Gasteiger partial charge in [-0.1, -0.05) is 46.0 Å². The standard InChI is InChI=1S/C16H27NO/c1-3-16-14(10-11-18-16)15(17-4-2)12-13-8-6-5-7-9-13/h10-11,13,15,17H,3-9,12H2,1-2H3. The lowest BCUT2D eigenvalue weighted by Crippen LogP contribution is -2.24. The third-order valence-corrected chi connectivity index (χ3v) is 4.22. The summed E-state index contributed by atoms with van der Waals surface area (Å²) in [5, 5.41) is 3.65. The maximum atomic E-state index is 5.59. The molecule has 0 aromatic carbocycles. The Bertz CT molecular complexity index is 339. The summed E-state index contributed by atoms with van der Waals surface area (Å²) in [4.78, 5) is 0. The Labute approximate surface area is 111 Å². The fraction of sp³-hybridized carbons (Fsp3) is 0.750. The van der Waals surface area contributed by atoms with Crippen molar-refractivity contribution in [2.45, 2.75) is 64.8 Å². The Hall–Kier alpha value is -0.760. The van der Waals surface area contributed by atoms with Gasteiger partial charge in [0.2, 0.25) is 0 Å². The molecule has 1 saturated carbocycles. The highest BCUT2D eigenvalue weighted by Crippen LogP contribution is 2.33. The summed E-state index contributed by atoms with van der Waals surface area (Å²) in [6.07, 6.45) is 11.2. The molecule has 0 spiro atoms. The molecule has 0 bridgehead atoms. The average molecular weight is 249 g/mol. The van der Waals surface area contributed by atoms with Crippen LogP contribution < -0.4 is 5.32 Å². The minimum absolute atomic E-state index is 0.492. The molecule has 1 aliphatic carbocycles. The number of hydrogen-bond donors (Lipinski definition) is 1. The number of aryl methyl sites for hydroxylation is 1. The maximum Gasteiger partial charge on any atom is 0.108 e. The Morgan fingerprint density at radius 3 is 2.72 bits per heavy atom. The fourth-order valence-electron chi connectivity index (χ4n) is 3.27. The van der Waals surface area contributed by atoms with Crippen molar-refractivity contribution in [3.05, 3.63) is 23.7 Å². The van der Waals surface area contributed by atoms with Crippen LogP contribution >= 0.6 is 0 Å². The Morgan fingerprint density at radius 1 is 1.28 bits per heavy atom. The molecule has 2 heteroatoms. The van der Waals surface area contributed by atoms with Crippen LogP contribution in [0, 0.1) is 5.92 Å². The van der Waals surface area contributed by atoms with Gasteiger partial charge >= 0.3 is 0 Å². The molecule has 1 atom stereocenters. The van der Waals surface area contributed by atoms with E-state index in [2.05, 4.69) is 25.2 Å². The molecular formula is C16H27NO. The fourth-order valence-corrected chi connectivity index (χ4v) is 3.27. The monoisotopic (exact) mass is 249 g/mol. The molecule has 0 amide bonds. The first-order valence-electron chi connectivity index (χ1n) is 7.64. The van der Waals surface area contributed by atoms with Gasteiger partial charge in [-0.25, -0.2) is 0 Å². The first-order chi connectivity index (χ1) is 8.85. The number of nitrogens with one attached hydrogen (secondary N) is 1. The molecule has 102 valence electrons. The molecule has 1 aliphatic rings. The van der Waals surface area contributed by atoms with Crippen molar-refractivity contribution in [1.29, 1.82) is 0 Å². The predicted octanol–water partition coefficient (Wildman–Crippen LogP) is 4.46. The number of furan rings is 1. The predicted molar refractivity (Wildman–Crippen MR) is 75.7 cm³/mol. The van der Waals surface area contributed by atoms with Crippen LogP contribution in [0.3, 0.4) is 0 Å². The van der Waals surface area contributed by atoms with E-state index >= 15 is 0 Å². The van der Waals surface area contributed by atoms with Crippen molar-refractivity contribution in [3.8, 4) is 0 Å². The van der Waals surface area contributed by atoms with Gasteiger partial charge in [-0.3, -0.25) is 0 Å². The molecule has 0 saturated heterocycles. The lowest BCUT2D eigenvalue weighted by Gasteiger charge is -2.27. The highest BCUT2D eigenvalue weighted by molar-refractivity contribution is 5.21. The van der Waals surface area contributed by atoms with E-state index in [1.54, 1.807) is 0 Å². The van der Waals surface area contributed by atoms with E-state index in [0.29, 0.717) is 6.04 Å². The summed E-state index contributed by atoms with van der Waals surface area (Å²) in [6, 6.07) is 2.65. The maximum absolute atomic E-state index is 5.59. The molecule has 1 unspecified atom stereocenters. The van der Waals surface area contributed by atoms with Crippen LogP contribution in [0.25, 0.3) is 0 Å². The highest BCUT2D eigenvalue weighted by atomic mass is 16.3. The van der Waals surface area contributed by atoms with Crippen LogP contribution in [-0.2, 0) is 6.42 Å². The smallest absolute Gasteiger partial charge is 0.108 e. The average Bonchev–Trinajstić information content (AvgIpc) is 2.87. The summed E-state index contributed by atoms with van der Waals surface area (Å²) in [5.41, 5.74) is 1.39. The lowest BCUT2D eigenvalue weighted by atomic mass is 9.83. The van der Waals surface area contributed by atoms with Crippen molar-refractivity contribution in [3.63, 3.8) is 0 Å². The van der Waals surface area contributed by atoms with Crippen LogP contribution in [0.15, 0.2) is 16.7 Å². The minimum Gasteiger partial charge on any atom is -0.469 e. The SMILES string of the molecule is CCNC(CC1CCCCC1)c1ccoc1CC. The zero-order chi connectivity index (χ0) is 12.8. The number of rotatable bonds is 6. The minimum atomic E-state index is 0.492. The normalized spacial score (nSPS) is 19.0. The van der Waals surface area contributed by atoms with Gasteiger partial charge in [-0.05, 0) is 24.9 Å². The molecule has 18 heavy (non-hydrogen) atoms. The molecule has 1 aromatic rings. The lowest BCUT2D eigenvalue weighted by molar-refractivity contribution is 0.300. The van der Waals surface area contributed by atoms with Crippen LogP contribution in [0.2, 0.25) is 0 Å². The molecule has 1 aromatic heterocycles. The van der Waals surface area contributed by atoms with E-state index in [0.717, 1.165) is 24.6 Å². The zero-order valence-corrected chi connectivity index (χ0v) is 11.9. The van der Waals surface area contributed by atoms with Crippen LogP contribution in [-0.4, -0.2) is 6.54 Å². The summed E-state index contributed by atoms with van der Waals surface area (Å²) in [5.74, 6) is 2.07. The van der Waals surface area contributed by atoms with Crippen molar-refractivity contribution in [2.24, 2.45) is 5.92 Å². The Morgan fingerprint density at radius 2 is 2.06 bits per heavy atom. The van der Waals surface area contributed by atoms with E-state index in [1.165, 1.54) is 44.1 Å². The molecule has 2 nitrogen and oxygen atoms in total. The van der Waals surface area contributed by atoms with Gasteiger partial charge in [-0.15, -0.1) is 0 Å². The summed E-state index contributed by atoms with van der Waals surface area (Å²) < 4.78 is 5.59.